The van der Waals surface area contributed by atoms with Crippen molar-refractivity contribution < 1.29 is 28.2 Å². The molecule has 2 amide bonds. The van der Waals surface area contributed by atoms with Gasteiger partial charge in [0.15, 0.2) is 11.5 Å². The van der Waals surface area contributed by atoms with E-state index in [1.165, 1.54) is 12.1 Å². The number of benzene rings is 3. The molecule has 0 spiro atoms. The van der Waals surface area contributed by atoms with Crippen molar-refractivity contribution in [2.75, 3.05) is 30.5 Å². The Bertz CT molecular complexity index is 1230. The lowest BCUT2D eigenvalue weighted by Crippen LogP contribution is -2.47. The van der Waals surface area contributed by atoms with Crippen molar-refractivity contribution in [3.05, 3.63) is 78.1 Å². The number of methoxy groups -OCH3 is 1. The first-order chi connectivity index (χ1) is 17.0. The van der Waals surface area contributed by atoms with Crippen LogP contribution in [0.2, 0.25) is 0 Å². The fourth-order valence-corrected chi connectivity index (χ4v) is 4.61. The number of nitrogens with one attached hydrogen (secondary N) is 1. The molecule has 1 saturated heterocycles. The molecule has 0 aliphatic carbocycles. The summed E-state index contributed by atoms with van der Waals surface area (Å²) >= 11 is 0. The van der Waals surface area contributed by atoms with Crippen LogP contribution in [0.25, 0.3) is 0 Å². The molecule has 2 unspecified atom stereocenters. The molecule has 2 heterocycles. The molecular weight excluding hydrogens is 451 g/mol. The summed E-state index contributed by atoms with van der Waals surface area (Å²) < 4.78 is 30.1. The normalized spacial score (nSPS) is 19.3. The maximum atomic E-state index is 13.7. The van der Waals surface area contributed by atoms with Crippen LogP contribution < -0.4 is 24.4 Å². The van der Waals surface area contributed by atoms with E-state index in [2.05, 4.69) is 5.32 Å². The third-order valence-corrected chi connectivity index (χ3v) is 6.31. The molecule has 2 aliphatic rings. The highest BCUT2D eigenvalue weighted by atomic mass is 19.1. The van der Waals surface area contributed by atoms with Gasteiger partial charge in [0.25, 0.3) is 0 Å². The molecule has 2 aliphatic heterocycles. The van der Waals surface area contributed by atoms with Crippen LogP contribution in [-0.4, -0.2) is 32.1 Å². The monoisotopic (exact) mass is 476 g/mol. The summed E-state index contributed by atoms with van der Waals surface area (Å²) in [7, 11) is 1.57. The summed E-state index contributed by atoms with van der Waals surface area (Å²) in [5.74, 6) is 0.576. The third kappa shape index (κ3) is 4.64. The molecule has 5 rings (SSSR count). The average molecular weight is 477 g/mol. The van der Waals surface area contributed by atoms with Crippen molar-refractivity contribution in [1.82, 2.24) is 0 Å². The topological polar surface area (TPSA) is 77.1 Å². The molecule has 7 nitrogen and oxygen atoms in total. The minimum atomic E-state index is -0.609. The number of anilines is 2. The summed E-state index contributed by atoms with van der Waals surface area (Å²) in [5, 5.41) is 2.97. The summed E-state index contributed by atoms with van der Waals surface area (Å²) in [4.78, 5) is 28.3. The Morgan fingerprint density at radius 3 is 2.43 bits per heavy atom. The second-order valence-corrected chi connectivity index (χ2v) is 8.45. The Balaban J connectivity index is 1.48. The highest BCUT2D eigenvalue weighted by Crippen LogP contribution is 2.41. The Morgan fingerprint density at radius 2 is 1.71 bits per heavy atom. The highest BCUT2D eigenvalue weighted by molar-refractivity contribution is 6.00. The van der Waals surface area contributed by atoms with Gasteiger partial charge in [0, 0.05) is 23.9 Å². The standard InChI is InChI=1S/C27H25FN2O5/c1-33-21-9-7-20(8-10-21)30-25(31)13-11-22(26(30)17-2-4-18(28)5-3-17)27(32)29-19-6-12-23-24(16-19)35-15-14-34-23/h2-10,12,16,22,26H,11,13-15H2,1H3,(H,29,32). The lowest BCUT2D eigenvalue weighted by atomic mass is 9.83. The fourth-order valence-electron chi connectivity index (χ4n) is 4.61. The van der Waals surface area contributed by atoms with Gasteiger partial charge in [-0.3, -0.25) is 9.59 Å². The summed E-state index contributed by atoms with van der Waals surface area (Å²) in [5.41, 5.74) is 1.89. The van der Waals surface area contributed by atoms with Crippen molar-refractivity contribution in [3.8, 4) is 17.2 Å². The predicted octanol–water partition coefficient (Wildman–Crippen LogP) is 4.73. The lowest BCUT2D eigenvalue weighted by Gasteiger charge is -2.41. The highest BCUT2D eigenvalue weighted by Gasteiger charge is 2.41. The van der Waals surface area contributed by atoms with Crippen LogP contribution in [0.15, 0.2) is 66.7 Å². The minimum absolute atomic E-state index is 0.104. The van der Waals surface area contributed by atoms with Crippen LogP contribution in [0.4, 0.5) is 15.8 Å². The Kier molecular flexibility index (Phi) is 6.27. The van der Waals surface area contributed by atoms with Crippen LogP contribution >= 0.6 is 0 Å². The number of piperidine rings is 1. The van der Waals surface area contributed by atoms with Gasteiger partial charge in [-0.25, -0.2) is 4.39 Å². The first kappa shape index (κ1) is 22.7. The number of carbonyl (C=O) groups is 2. The van der Waals surface area contributed by atoms with Crippen molar-refractivity contribution in [2.24, 2.45) is 5.92 Å². The molecule has 3 aromatic carbocycles. The zero-order chi connectivity index (χ0) is 24.4. The van der Waals surface area contributed by atoms with Crippen molar-refractivity contribution in [3.63, 3.8) is 0 Å². The largest absolute Gasteiger partial charge is 0.497 e. The van der Waals surface area contributed by atoms with Gasteiger partial charge in [0.1, 0.15) is 24.8 Å². The maximum Gasteiger partial charge on any atom is 0.229 e. The maximum absolute atomic E-state index is 13.7. The fraction of sp³-hybridized carbons (Fsp3) is 0.259. The van der Waals surface area contributed by atoms with Gasteiger partial charge in [-0.05, 0) is 60.5 Å². The average Bonchev–Trinajstić information content (AvgIpc) is 2.89. The van der Waals surface area contributed by atoms with Crippen LogP contribution in [0.1, 0.15) is 24.4 Å². The number of amides is 2. The number of hydrogen-bond donors (Lipinski definition) is 1. The van der Waals surface area contributed by atoms with Crippen LogP contribution in [0.5, 0.6) is 17.2 Å². The number of hydrogen-bond acceptors (Lipinski definition) is 5. The number of rotatable bonds is 5. The minimum Gasteiger partial charge on any atom is -0.497 e. The number of ether oxygens (including phenoxy) is 3. The molecule has 1 N–H and O–H groups in total. The second kappa shape index (κ2) is 9.66. The van der Waals surface area contributed by atoms with Gasteiger partial charge in [-0.15, -0.1) is 0 Å². The zero-order valence-corrected chi connectivity index (χ0v) is 19.2. The van der Waals surface area contributed by atoms with E-state index >= 15 is 0 Å². The van der Waals surface area contributed by atoms with E-state index in [0.717, 1.165) is 0 Å². The Hall–Kier alpha value is -4.07. The molecule has 0 radical (unpaired) electrons. The van der Waals surface area contributed by atoms with Gasteiger partial charge in [0.05, 0.1) is 19.1 Å². The third-order valence-electron chi connectivity index (χ3n) is 6.31. The lowest BCUT2D eigenvalue weighted by molar-refractivity contribution is -0.125. The molecule has 0 bridgehead atoms. The number of carbonyl (C=O) groups excluding carboxylic acids is 2. The smallest absolute Gasteiger partial charge is 0.229 e. The zero-order valence-electron chi connectivity index (χ0n) is 19.2. The summed E-state index contributed by atoms with van der Waals surface area (Å²) in [6, 6.07) is 17.7. The summed E-state index contributed by atoms with van der Waals surface area (Å²) in [6.07, 6.45) is 0.576. The van der Waals surface area contributed by atoms with E-state index in [-0.39, 0.29) is 24.1 Å². The first-order valence-corrected chi connectivity index (χ1v) is 11.5. The quantitative estimate of drug-likeness (QED) is 0.576. The van der Waals surface area contributed by atoms with E-state index in [0.29, 0.717) is 53.8 Å². The number of fused-ring (bicyclic) bond motifs is 1. The molecule has 2 atom stereocenters. The van der Waals surface area contributed by atoms with Crippen molar-refractivity contribution >= 4 is 23.2 Å². The van der Waals surface area contributed by atoms with E-state index < -0.39 is 12.0 Å². The molecule has 8 heteroatoms. The molecule has 0 saturated carbocycles. The number of nitrogens with zero attached hydrogens (tertiary/aromatic N) is 1. The van der Waals surface area contributed by atoms with Crippen LogP contribution in [0.3, 0.4) is 0 Å². The van der Waals surface area contributed by atoms with Crippen molar-refractivity contribution in [1.29, 1.82) is 0 Å². The molecule has 180 valence electrons. The first-order valence-electron chi connectivity index (χ1n) is 11.5. The molecule has 3 aromatic rings. The number of halogens is 1. The molecule has 35 heavy (non-hydrogen) atoms. The van der Waals surface area contributed by atoms with E-state index in [4.69, 9.17) is 14.2 Å². The van der Waals surface area contributed by atoms with Gasteiger partial charge in [-0.2, -0.15) is 0 Å². The van der Waals surface area contributed by atoms with E-state index in [9.17, 15) is 14.0 Å². The second-order valence-electron chi connectivity index (χ2n) is 8.45. The van der Waals surface area contributed by atoms with Crippen molar-refractivity contribution in [2.45, 2.75) is 18.9 Å². The molecular formula is C27H25FN2O5. The van der Waals surface area contributed by atoms with Gasteiger partial charge in [0.2, 0.25) is 11.8 Å². The van der Waals surface area contributed by atoms with Crippen LogP contribution in [-0.2, 0) is 9.59 Å². The Morgan fingerprint density at radius 1 is 1.00 bits per heavy atom. The molecule has 1 fully saturated rings. The Labute approximate surface area is 202 Å². The summed E-state index contributed by atoms with van der Waals surface area (Å²) in [6.45, 7) is 0.925. The van der Waals surface area contributed by atoms with E-state index in [1.54, 1.807) is 66.6 Å². The van der Waals surface area contributed by atoms with Gasteiger partial charge >= 0.3 is 0 Å². The van der Waals surface area contributed by atoms with E-state index in [1.807, 2.05) is 0 Å². The molecule has 0 aromatic heterocycles. The SMILES string of the molecule is COc1ccc(N2C(=O)CCC(C(=O)Nc3ccc4c(c3)OCCO4)C2c2ccc(F)cc2)cc1. The van der Waals surface area contributed by atoms with Crippen LogP contribution in [0, 0.1) is 11.7 Å². The predicted molar refractivity (Wildman–Crippen MR) is 128 cm³/mol. The van der Waals surface area contributed by atoms with Gasteiger partial charge < -0.3 is 24.4 Å². The van der Waals surface area contributed by atoms with Gasteiger partial charge in [-0.1, -0.05) is 12.1 Å².